The van der Waals surface area contributed by atoms with Gasteiger partial charge in [0.05, 0.1) is 0 Å². The van der Waals surface area contributed by atoms with Crippen LogP contribution in [0.3, 0.4) is 0 Å². The van der Waals surface area contributed by atoms with E-state index in [4.69, 9.17) is 50.5 Å². The Hall–Kier alpha value is -1.14. The van der Waals surface area contributed by atoms with Crippen molar-refractivity contribution in [2.45, 2.75) is 20.1 Å². The molecule has 4 rings (SSSR count). The smallest absolute Gasteiger partial charge is 0.760 e. The van der Waals surface area contributed by atoms with E-state index >= 15 is 0 Å². The number of hydrogen-bond acceptors (Lipinski definition) is 8. The third-order valence-electron chi connectivity index (χ3n) is 2.55. The van der Waals surface area contributed by atoms with Gasteiger partial charge in [-0.2, -0.15) is 0 Å². The summed E-state index contributed by atoms with van der Waals surface area (Å²) in [5, 5.41) is 2.62. The van der Waals surface area contributed by atoms with Gasteiger partial charge < -0.3 is 50.5 Å². The van der Waals surface area contributed by atoms with Crippen LogP contribution in [0.1, 0.15) is 0 Å². The molecule has 0 aliphatic heterocycles. The van der Waals surface area contributed by atoms with Crippen LogP contribution in [-0.2, 0) is 92.6 Å². The van der Waals surface area contributed by atoms with E-state index in [0.29, 0.717) is 20.1 Å². The van der Waals surface area contributed by atoms with Crippen LogP contribution in [0.15, 0.2) is 118 Å². The molecule has 4 nitrogen and oxygen atoms in total. The summed E-state index contributed by atoms with van der Waals surface area (Å²) in [5.74, 6) is 0. The fourth-order valence-electron chi connectivity index (χ4n) is 1.39. The zero-order valence-corrected chi connectivity index (χ0v) is 23.1. The first-order valence-electron chi connectivity index (χ1n) is 7.90. The Labute approximate surface area is 228 Å². The molecule has 0 radical (unpaired) electrons. The third-order valence-corrected chi connectivity index (χ3v) is 3.52. The van der Waals surface area contributed by atoms with E-state index in [2.05, 4.69) is 19.9 Å². The van der Waals surface area contributed by atoms with Crippen molar-refractivity contribution in [1.82, 2.24) is 19.9 Å². The second-order valence-electron chi connectivity index (χ2n) is 4.67. The van der Waals surface area contributed by atoms with Gasteiger partial charge in [-0.25, -0.2) is 0 Å². The first-order valence-corrected chi connectivity index (χ1v) is 9.53. The van der Waals surface area contributed by atoms with Crippen molar-refractivity contribution in [2.24, 2.45) is 0 Å². The summed E-state index contributed by atoms with van der Waals surface area (Å²) in [4.78, 5) is 15.2. The minimum Gasteiger partial charge on any atom is -0.760 e. The Morgan fingerprint density at radius 2 is 0.567 bits per heavy atom. The van der Waals surface area contributed by atoms with Crippen LogP contribution in [0.4, 0.5) is 0 Å². The van der Waals surface area contributed by atoms with Crippen molar-refractivity contribution < 1.29 is 42.1 Å². The predicted molar refractivity (Wildman–Crippen MR) is 119 cm³/mol. The normalized spacial score (nSPS) is 8.00. The van der Waals surface area contributed by atoms with Gasteiger partial charge in [-0.1, -0.05) is 68.6 Å². The SMILES string of the molecule is [Pt+2].[Pt+2].[S-]c1ccccn1.[S-]c1ccccn1.[S-]c1ccccn1.[S-]c1ccccn1. The van der Waals surface area contributed by atoms with E-state index in [-0.39, 0.29) is 42.1 Å². The van der Waals surface area contributed by atoms with E-state index in [1.165, 1.54) is 0 Å². The molecule has 10 heteroatoms. The van der Waals surface area contributed by atoms with Gasteiger partial charge in [0.25, 0.3) is 0 Å². The number of pyridine rings is 4. The topological polar surface area (TPSA) is 51.6 Å². The van der Waals surface area contributed by atoms with Crippen LogP contribution < -0.4 is 0 Å². The van der Waals surface area contributed by atoms with Crippen LogP contribution in [0.5, 0.6) is 0 Å². The summed E-state index contributed by atoms with van der Waals surface area (Å²) >= 11 is 18.8. The molecule has 0 saturated heterocycles. The largest absolute Gasteiger partial charge is 2.00 e. The second-order valence-corrected chi connectivity index (χ2v) is 6.35. The summed E-state index contributed by atoms with van der Waals surface area (Å²) in [6.45, 7) is 0. The Morgan fingerprint density at radius 3 is 0.633 bits per heavy atom. The average molecular weight is 831 g/mol. The summed E-state index contributed by atoms with van der Waals surface area (Å²) in [5.41, 5.74) is 0. The quantitative estimate of drug-likeness (QED) is 0.248. The van der Waals surface area contributed by atoms with Gasteiger partial charge in [0, 0.05) is 24.8 Å². The number of aromatic nitrogens is 4. The average Bonchev–Trinajstić information content (AvgIpc) is 2.72. The summed E-state index contributed by atoms with van der Waals surface area (Å²) in [6, 6.07) is 22.0. The molecule has 4 heterocycles. The van der Waals surface area contributed by atoms with Crippen LogP contribution in [-0.4, -0.2) is 19.9 Å². The molecule has 4 aromatic rings. The minimum absolute atomic E-state index is 0. The van der Waals surface area contributed by atoms with Crippen molar-refractivity contribution in [1.29, 1.82) is 0 Å². The molecule has 0 aliphatic rings. The van der Waals surface area contributed by atoms with Crippen LogP contribution in [0, 0.1) is 0 Å². The van der Waals surface area contributed by atoms with Gasteiger partial charge in [0.15, 0.2) is 0 Å². The van der Waals surface area contributed by atoms with E-state index in [0.717, 1.165) is 0 Å². The summed E-state index contributed by atoms with van der Waals surface area (Å²) in [6.07, 6.45) is 6.73. The van der Waals surface area contributed by atoms with E-state index in [1.54, 1.807) is 49.1 Å². The van der Waals surface area contributed by atoms with Gasteiger partial charge in [-0.15, -0.1) is 0 Å². The van der Waals surface area contributed by atoms with E-state index < -0.39 is 0 Å². The van der Waals surface area contributed by atoms with Crippen molar-refractivity contribution in [3.63, 3.8) is 0 Å². The maximum atomic E-state index is 4.70. The fraction of sp³-hybridized carbons (Fsp3) is 0. The molecule has 0 unspecified atom stereocenters. The molecule has 0 spiro atoms. The molecule has 160 valence electrons. The summed E-state index contributed by atoms with van der Waals surface area (Å²) in [7, 11) is 0. The Morgan fingerprint density at radius 1 is 0.367 bits per heavy atom. The number of rotatable bonds is 0. The Bertz CT molecular complexity index is 713. The first kappa shape index (κ1) is 31.0. The van der Waals surface area contributed by atoms with Crippen molar-refractivity contribution in [2.75, 3.05) is 0 Å². The molecule has 0 amide bonds. The predicted octanol–water partition coefficient (Wildman–Crippen LogP) is 3.94. The van der Waals surface area contributed by atoms with E-state index in [1.807, 2.05) is 48.5 Å². The fourth-order valence-corrected chi connectivity index (χ4v) is 1.95. The molecule has 0 aromatic carbocycles. The van der Waals surface area contributed by atoms with Gasteiger partial charge in [-0.05, 0) is 24.3 Å². The maximum absolute atomic E-state index is 4.70. The van der Waals surface area contributed by atoms with Gasteiger partial charge in [0.1, 0.15) is 0 Å². The standard InChI is InChI=1S/4C5H5NS.2Pt/c4*7-5-3-1-2-4-6-5;;/h4*1-4H,(H,6,7);;/q;;;;2*+2/p-4. The molecule has 0 N–H and O–H groups in total. The van der Waals surface area contributed by atoms with Crippen molar-refractivity contribution in [3.05, 3.63) is 97.6 Å². The minimum atomic E-state index is 0. The summed E-state index contributed by atoms with van der Waals surface area (Å²) < 4.78 is 0. The van der Waals surface area contributed by atoms with Crippen LogP contribution in [0.2, 0.25) is 0 Å². The molecule has 4 aromatic heterocycles. The zero-order chi connectivity index (χ0) is 20.5. The van der Waals surface area contributed by atoms with E-state index in [9.17, 15) is 0 Å². The first-order chi connectivity index (χ1) is 13.6. The monoisotopic (exact) mass is 830 g/mol. The molecular weight excluding hydrogens is 815 g/mol. The van der Waals surface area contributed by atoms with Gasteiger partial charge in [-0.3, -0.25) is 19.9 Å². The van der Waals surface area contributed by atoms with Gasteiger partial charge in [0.2, 0.25) is 0 Å². The van der Waals surface area contributed by atoms with Gasteiger partial charge >= 0.3 is 42.1 Å². The molecule has 0 fully saturated rings. The Kier molecular flexibility index (Phi) is 21.8. The maximum Gasteiger partial charge on any atom is 2.00 e. The number of nitrogens with zero attached hydrogens (tertiary/aromatic N) is 4. The van der Waals surface area contributed by atoms with Crippen molar-refractivity contribution in [3.8, 4) is 0 Å². The third kappa shape index (κ3) is 18.9. The molecular formula is C20H16N4Pt2S4. The molecule has 0 saturated carbocycles. The molecule has 30 heavy (non-hydrogen) atoms. The molecule has 0 atom stereocenters. The molecule has 0 bridgehead atoms. The second kappa shape index (κ2) is 21.1. The Balaban J connectivity index is 0. The van der Waals surface area contributed by atoms with Crippen LogP contribution in [0.25, 0.3) is 0 Å². The molecule has 0 aliphatic carbocycles. The van der Waals surface area contributed by atoms with Crippen molar-refractivity contribution >= 4 is 50.5 Å². The zero-order valence-electron chi connectivity index (χ0n) is 15.3. The number of hydrogen-bond donors (Lipinski definition) is 0. The van der Waals surface area contributed by atoms with Crippen LogP contribution >= 0.6 is 0 Å².